The van der Waals surface area contributed by atoms with Crippen molar-refractivity contribution in [3.63, 3.8) is 0 Å². The van der Waals surface area contributed by atoms with Crippen molar-refractivity contribution in [3.8, 4) is 0 Å². The molecule has 94 valence electrons. The Labute approximate surface area is 105 Å². The molecule has 1 amide bonds. The van der Waals surface area contributed by atoms with Crippen molar-refractivity contribution < 1.29 is 9.53 Å². The third-order valence-corrected chi connectivity index (χ3v) is 3.93. The second-order valence-electron chi connectivity index (χ2n) is 4.43. The van der Waals surface area contributed by atoms with E-state index in [1.807, 2.05) is 16.8 Å². The van der Waals surface area contributed by atoms with Gasteiger partial charge in [-0.05, 0) is 37.4 Å². The van der Waals surface area contributed by atoms with E-state index in [-0.39, 0.29) is 11.3 Å². The van der Waals surface area contributed by atoms with Gasteiger partial charge in [-0.1, -0.05) is 0 Å². The van der Waals surface area contributed by atoms with Crippen LogP contribution in [-0.4, -0.2) is 32.7 Å². The average Bonchev–Trinajstić information content (AvgIpc) is 2.83. The lowest BCUT2D eigenvalue weighted by Gasteiger charge is -2.35. The first kappa shape index (κ1) is 12.5. The van der Waals surface area contributed by atoms with Crippen molar-refractivity contribution in [2.45, 2.75) is 12.8 Å². The van der Waals surface area contributed by atoms with Gasteiger partial charge in [0.2, 0.25) is 5.91 Å². The van der Waals surface area contributed by atoms with Gasteiger partial charge in [-0.25, -0.2) is 0 Å². The number of carbonyl (C=O) groups is 1. The lowest BCUT2D eigenvalue weighted by molar-refractivity contribution is -0.130. The fourth-order valence-electron chi connectivity index (χ4n) is 2.22. The van der Waals surface area contributed by atoms with Gasteiger partial charge in [-0.3, -0.25) is 4.79 Å². The Bertz CT molecular complexity index is 353. The third kappa shape index (κ3) is 2.86. The van der Waals surface area contributed by atoms with E-state index in [4.69, 9.17) is 4.74 Å². The van der Waals surface area contributed by atoms with Gasteiger partial charge in [0, 0.05) is 12.5 Å². The molecule has 1 aromatic rings. The molecule has 5 heteroatoms. The highest BCUT2D eigenvalue weighted by atomic mass is 32.1. The number of nitrogens with one attached hydrogen (secondary N) is 2. The van der Waals surface area contributed by atoms with Gasteiger partial charge in [-0.2, -0.15) is 11.3 Å². The van der Waals surface area contributed by atoms with Gasteiger partial charge in [-0.15, -0.1) is 0 Å². The Balaban J connectivity index is 2.06. The van der Waals surface area contributed by atoms with E-state index in [2.05, 4.69) is 10.6 Å². The normalized spacial score (nSPS) is 18.9. The van der Waals surface area contributed by atoms with Crippen LogP contribution >= 0.6 is 11.3 Å². The molecule has 0 atom stereocenters. The van der Waals surface area contributed by atoms with Crippen LogP contribution in [0.3, 0.4) is 0 Å². The van der Waals surface area contributed by atoms with E-state index in [0.717, 1.165) is 31.6 Å². The topological polar surface area (TPSA) is 50.4 Å². The summed E-state index contributed by atoms with van der Waals surface area (Å²) >= 11 is 1.58. The number of anilines is 1. The Morgan fingerprint density at radius 2 is 2.35 bits per heavy atom. The Morgan fingerprint density at radius 3 is 2.94 bits per heavy atom. The summed E-state index contributed by atoms with van der Waals surface area (Å²) in [6.45, 7) is 2.24. The second kappa shape index (κ2) is 5.62. The number of piperidine rings is 1. The summed E-state index contributed by atoms with van der Waals surface area (Å²) in [5.41, 5.74) is 0.510. The molecule has 0 saturated carbocycles. The summed E-state index contributed by atoms with van der Waals surface area (Å²) in [7, 11) is 1.65. The minimum absolute atomic E-state index is 0.0826. The molecular formula is C12H18N2O2S. The Morgan fingerprint density at radius 1 is 1.59 bits per heavy atom. The van der Waals surface area contributed by atoms with Crippen molar-refractivity contribution in [1.29, 1.82) is 0 Å². The molecule has 17 heavy (non-hydrogen) atoms. The van der Waals surface area contributed by atoms with Crippen LogP contribution in [0.1, 0.15) is 12.8 Å². The van der Waals surface area contributed by atoms with E-state index >= 15 is 0 Å². The highest BCUT2D eigenvalue weighted by Crippen LogP contribution is 2.31. The van der Waals surface area contributed by atoms with E-state index in [1.54, 1.807) is 18.4 Å². The van der Waals surface area contributed by atoms with Gasteiger partial charge in [0.05, 0.1) is 17.7 Å². The first-order chi connectivity index (χ1) is 8.27. The highest BCUT2D eigenvalue weighted by Gasteiger charge is 2.39. The van der Waals surface area contributed by atoms with Crippen LogP contribution in [0.25, 0.3) is 0 Å². The molecule has 2 heterocycles. The van der Waals surface area contributed by atoms with Gasteiger partial charge < -0.3 is 15.4 Å². The fourth-order valence-corrected chi connectivity index (χ4v) is 2.81. The molecule has 1 aliphatic rings. The van der Waals surface area contributed by atoms with Crippen LogP contribution in [-0.2, 0) is 9.53 Å². The molecule has 2 rings (SSSR count). The summed E-state index contributed by atoms with van der Waals surface area (Å²) < 4.78 is 5.24. The monoisotopic (exact) mass is 254 g/mol. The number of amides is 1. The van der Waals surface area contributed by atoms with Crippen LogP contribution in [0.2, 0.25) is 0 Å². The lowest BCUT2D eigenvalue weighted by atomic mass is 9.78. The van der Waals surface area contributed by atoms with Crippen molar-refractivity contribution >= 4 is 22.9 Å². The predicted molar refractivity (Wildman–Crippen MR) is 69.4 cm³/mol. The molecule has 4 nitrogen and oxygen atoms in total. The van der Waals surface area contributed by atoms with Crippen molar-refractivity contribution in [3.05, 3.63) is 16.8 Å². The zero-order valence-electron chi connectivity index (χ0n) is 9.99. The van der Waals surface area contributed by atoms with Crippen molar-refractivity contribution in [2.24, 2.45) is 5.41 Å². The summed E-state index contributed by atoms with van der Waals surface area (Å²) in [6, 6.07) is 1.92. The minimum Gasteiger partial charge on any atom is -0.384 e. The molecule has 1 saturated heterocycles. The van der Waals surface area contributed by atoms with E-state index < -0.39 is 0 Å². The van der Waals surface area contributed by atoms with Crippen LogP contribution in [0, 0.1) is 5.41 Å². The number of carbonyl (C=O) groups excluding carboxylic acids is 1. The molecular weight excluding hydrogens is 236 g/mol. The molecule has 0 bridgehead atoms. The molecule has 1 fully saturated rings. The molecule has 0 radical (unpaired) electrons. The summed E-state index contributed by atoms with van der Waals surface area (Å²) in [6.07, 6.45) is 1.66. The summed E-state index contributed by atoms with van der Waals surface area (Å²) in [5, 5.41) is 10.2. The quantitative estimate of drug-likeness (QED) is 0.860. The largest absolute Gasteiger partial charge is 0.384 e. The molecule has 1 aromatic heterocycles. The van der Waals surface area contributed by atoms with Crippen LogP contribution < -0.4 is 10.6 Å². The number of thiophene rings is 1. The zero-order chi connectivity index (χ0) is 12.1. The average molecular weight is 254 g/mol. The number of methoxy groups -OCH3 is 1. The first-order valence-electron chi connectivity index (χ1n) is 5.80. The predicted octanol–water partition coefficient (Wildman–Crippen LogP) is 1.70. The molecule has 0 unspecified atom stereocenters. The second-order valence-corrected chi connectivity index (χ2v) is 5.21. The van der Waals surface area contributed by atoms with Gasteiger partial charge in [0.1, 0.15) is 0 Å². The number of rotatable bonds is 4. The van der Waals surface area contributed by atoms with E-state index in [9.17, 15) is 4.79 Å². The standard InChI is InChI=1S/C12H18N2O2S/c1-16-9-12(3-5-13-6-4-12)11(15)14-10-2-7-17-8-10/h2,7-8,13H,3-6,9H2,1H3,(H,14,15). The molecule has 0 aromatic carbocycles. The minimum atomic E-state index is -0.373. The molecule has 1 aliphatic heterocycles. The number of ether oxygens (including phenoxy) is 1. The molecule has 2 N–H and O–H groups in total. The SMILES string of the molecule is COCC1(C(=O)Nc2ccsc2)CCNCC1. The Kier molecular flexibility index (Phi) is 4.15. The summed E-state index contributed by atoms with van der Waals surface area (Å²) in [4.78, 5) is 12.4. The maximum Gasteiger partial charge on any atom is 0.233 e. The van der Waals surface area contributed by atoms with Crippen LogP contribution in [0.5, 0.6) is 0 Å². The first-order valence-corrected chi connectivity index (χ1v) is 6.74. The van der Waals surface area contributed by atoms with Crippen molar-refractivity contribution in [2.75, 3.05) is 32.1 Å². The van der Waals surface area contributed by atoms with E-state index in [0.29, 0.717) is 6.61 Å². The smallest absolute Gasteiger partial charge is 0.233 e. The number of hydrogen-bond donors (Lipinski definition) is 2. The van der Waals surface area contributed by atoms with Gasteiger partial charge in [0.15, 0.2) is 0 Å². The maximum absolute atomic E-state index is 12.4. The van der Waals surface area contributed by atoms with Crippen molar-refractivity contribution in [1.82, 2.24) is 5.32 Å². The fraction of sp³-hybridized carbons (Fsp3) is 0.583. The van der Waals surface area contributed by atoms with Gasteiger partial charge >= 0.3 is 0 Å². The van der Waals surface area contributed by atoms with E-state index in [1.165, 1.54) is 0 Å². The third-order valence-electron chi connectivity index (χ3n) is 3.24. The zero-order valence-corrected chi connectivity index (χ0v) is 10.8. The Hall–Kier alpha value is -0.910. The molecule has 0 aliphatic carbocycles. The summed E-state index contributed by atoms with van der Waals surface area (Å²) in [5.74, 6) is 0.0826. The van der Waals surface area contributed by atoms with Gasteiger partial charge in [0.25, 0.3) is 0 Å². The van der Waals surface area contributed by atoms with Crippen LogP contribution in [0.4, 0.5) is 5.69 Å². The highest BCUT2D eigenvalue weighted by molar-refractivity contribution is 7.08. The lowest BCUT2D eigenvalue weighted by Crippen LogP contribution is -2.47. The molecule has 0 spiro atoms. The number of hydrogen-bond acceptors (Lipinski definition) is 4. The van der Waals surface area contributed by atoms with Crippen LogP contribution in [0.15, 0.2) is 16.8 Å². The maximum atomic E-state index is 12.4.